The lowest BCUT2D eigenvalue weighted by Gasteiger charge is -2.07. The molecule has 0 aliphatic rings. The topological polar surface area (TPSA) is 43.4 Å². The quantitative estimate of drug-likeness (QED) is 0.597. The number of carbonyl (C=O) groups excluding carboxylic acids is 2. The van der Waals surface area contributed by atoms with Gasteiger partial charge in [0, 0.05) is 12.0 Å². The monoisotopic (exact) mass is 252 g/mol. The maximum absolute atomic E-state index is 13.0. The van der Waals surface area contributed by atoms with E-state index in [9.17, 15) is 14.0 Å². The minimum absolute atomic E-state index is 0.0490. The number of Topliss-reactive ketones (excluding diaryl/α,β-unsaturated/α-hetero) is 1. The van der Waals surface area contributed by atoms with Crippen molar-refractivity contribution in [3.63, 3.8) is 0 Å². The molecule has 1 rings (SSSR count). The second kappa shape index (κ2) is 6.28. The Hall–Kier alpha value is -1.71. The molecular weight excluding hydrogens is 235 g/mol. The fraction of sp³-hybridized carbons (Fsp3) is 0.429. The molecule has 0 heterocycles. The van der Waals surface area contributed by atoms with E-state index in [0.717, 1.165) is 0 Å². The first-order valence-corrected chi connectivity index (χ1v) is 5.89. The molecule has 0 saturated heterocycles. The Labute approximate surface area is 106 Å². The molecule has 0 aliphatic heterocycles. The molecule has 0 amide bonds. The largest absolute Gasteiger partial charge is 0.463 e. The summed E-state index contributed by atoms with van der Waals surface area (Å²) in [5.41, 5.74) is 0.844. The van der Waals surface area contributed by atoms with Crippen molar-refractivity contribution >= 4 is 11.8 Å². The molecule has 0 spiro atoms. The van der Waals surface area contributed by atoms with Gasteiger partial charge in [0.1, 0.15) is 5.82 Å². The van der Waals surface area contributed by atoms with Gasteiger partial charge in [0.25, 0.3) is 0 Å². The van der Waals surface area contributed by atoms with Crippen LogP contribution in [-0.4, -0.2) is 17.9 Å². The van der Waals surface area contributed by atoms with Crippen molar-refractivity contribution in [1.29, 1.82) is 0 Å². The van der Waals surface area contributed by atoms with Crippen molar-refractivity contribution in [1.82, 2.24) is 0 Å². The van der Waals surface area contributed by atoms with Crippen LogP contribution in [0.15, 0.2) is 18.2 Å². The molecule has 0 radical (unpaired) electrons. The van der Waals surface area contributed by atoms with Crippen molar-refractivity contribution in [2.45, 2.75) is 39.7 Å². The fourth-order valence-electron chi connectivity index (χ4n) is 1.50. The molecule has 0 atom stereocenters. The molecular formula is C14H17FO3. The maximum atomic E-state index is 13.0. The van der Waals surface area contributed by atoms with Gasteiger partial charge < -0.3 is 4.74 Å². The summed E-state index contributed by atoms with van der Waals surface area (Å²) in [5, 5.41) is 0. The third-order valence-corrected chi connectivity index (χ3v) is 2.40. The average Bonchev–Trinajstić information content (AvgIpc) is 2.28. The van der Waals surface area contributed by atoms with Crippen molar-refractivity contribution in [2.24, 2.45) is 0 Å². The highest BCUT2D eigenvalue weighted by molar-refractivity contribution is 5.97. The first kappa shape index (κ1) is 14.4. The normalized spacial score (nSPS) is 10.5. The highest BCUT2D eigenvalue weighted by atomic mass is 19.1. The van der Waals surface area contributed by atoms with Gasteiger partial charge in [0.2, 0.25) is 0 Å². The Morgan fingerprint density at radius 1 is 1.28 bits per heavy atom. The van der Waals surface area contributed by atoms with Gasteiger partial charge in [-0.3, -0.25) is 9.59 Å². The van der Waals surface area contributed by atoms with Crippen LogP contribution in [-0.2, 0) is 9.53 Å². The highest BCUT2D eigenvalue weighted by Crippen LogP contribution is 2.12. The Bertz CT molecular complexity index is 452. The van der Waals surface area contributed by atoms with E-state index in [4.69, 9.17) is 4.74 Å². The van der Waals surface area contributed by atoms with Crippen molar-refractivity contribution in [2.75, 3.05) is 0 Å². The molecule has 0 unspecified atom stereocenters. The molecule has 3 nitrogen and oxygen atoms in total. The molecule has 0 saturated carbocycles. The van der Waals surface area contributed by atoms with E-state index in [1.54, 1.807) is 20.8 Å². The third kappa shape index (κ3) is 4.28. The van der Waals surface area contributed by atoms with Crippen LogP contribution >= 0.6 is 0 Å². The van der Waals surface area contributed by atoms with Crippen molar-refractivity contribution in [3.05, 3.63) is 35.1 Å². The Morgan fingerprint density at radius 2 is 1.94 bits per heavy atom. The summed E-state index contributed by atoms with van der Waals surface area (Å²) in [6, 6.07) is 4.18. The van der Waals surface area contributed by atoms with Gasteiger partial charge in [-0.25, -0.2) is 4.39 Å². The Balaban J connectivity index is 2.55. The summed E-state index contributed by atoms with van der Waals surface area (Å²) in [5.74, 6) is -0.915. The first-order valence-electron chi connectivity index (χ1n) is 5.89. The van der Waals surface area contributed by atoms with Gasteiger partial charge in [-0.1, -0.05) is 0 Å². The molecule has 0 bridgehead atoms. The predicted octanol–water partition coefficient (Wildman–Crippen LogP) is 3.05. The van der Waals surface area contributed by atoms with E-state index in [1.165, 1.54) is 18.2 Å². The van der Waals surface area contributed by atoms with Crippen molar-refractivity contribution < 1.29 is 18.7 Å². The molecule has 18 heavy (non-hydrogen) atoms. The zero-order valence-corrected chi connectivity index (χ0v) is 10.8. The lowest BCUT2D eigenvalue weighted by atomic mass is 10.0. The van der Waals surface area contributed by atoms with Crippen LogP contribution in [0.25, 0.3) is 0 Å². The summed E-state index contributed by atoms with van der Waals surface area (Å²) >= 11 is 0. The molecule has 98 valence electrons. The second-order valence-electron chi connectivity index (χ2n) is 4.43. The number of rotatable bonds is 5. The lowest BCUT2D eigenvalue weighted by Crippen LogP contribution is -2.13. The standard InChI is InChI=1S/C14H17FO3/c1-9(2)18-14(17)7-6-13(16)11-4-5-12(15)10(3)8-11/h4-5,8-9H,6-7H2,1-3H3. The van der Waals surface area contributed by atoms with Gasteiger partial charge in [0.15, 0.2) is 5.78 Å². The Morgan fingerprint density at radius 3 is 2.50 bits per heavy atom. The van der Waals surface area contributed by atoms with Gasteiger partial charge in [0.05, 0.1) is 12.5 Å². The number of ketones is 1. The summed E-state index contributed by atoms with van der Waals surface area (Å²) in [4.78, 5) is 23.0. The molecule has 1 aromatic carbocycles. The van der Waals surface area contributed by atoms with Gasteiger partial charge in [-0.05, 0) is 44.5 Å². The van der Waals surface area contributed by atoms with E-state index in [1.807, 2.05) is 0 Å². The van der Waals surface area contributed by atoms with E-state index in [2.05, 4.69) is 0 Å². The molecule has 4 heteroatoms. The zero-order chi connectivity index (χ0) is 13.7. The number of hydrogen-bond donors (Lipinski definition) is 0. The van der Waals surface area contributed by atoms with E-state index in [0.29, 0.717) is 11.1 Å². The molecule has 0 aliphatic carbocycles. The van der Waals surface area contributed by atoms with E-state index >= 15 is 0 Å². The summed E-state index contributed by atoms with van der Waals surface area (Å²) in [6.45, 7) is 5.10. The summed E-state index contributed by atoms with van der Waals surface area (Å²) in [6.07, 6.45) is -0.0509. The highest BCUT2D eigenvalue weighted by Gasteiger charge is 2.12. The number of benzene rings is 1. The van der Waals surface area contributed by atoms with Gasteiger partial charge >= 0.3 is 5.97 Å². The average molecular weight is 252 g/mol. The number of halogens is 1. The first-order chi connectivity index (χ1) is 8.40. The lowest BCUT2D eigenvalue weighted by molar-refractivity contribution is -0.147. The number of esters is 1. The fourth-order valence-corrected chi connectivity index (χ4v) is 1.50. The SMILES string of the molecule is Cc1cc(C(=O)CCC(=O)OC(C)C)ccc1F. The van der Waals surface area contributed by atoms with Crippen LogP contribution in [0.2, 0.25) is 0 Å². The summed E-state index contributed by atoms with van der Waals surface area (Å²) < 4.78 is 18.0. The van der Waals surface area contributed by atoms with Crippen LogP contribution in [0, 0.1) is 12.7 Å². The molecule has 0 N–H and O–H groups in total. The smallest absolute Gasteiger partial charge is 0.306 e. The van der Waals surface area contributed by atoms with E-state index in [-0.39, 0.29) is 30.5 Å². The molecule has 1 aromatic rings. The van der Waals surface area contributed by atoms with Crippen LogP contribution in [0.1, 0.15) is 42.6 Å². The van der Waals surface area contributed by atoms with Crippen molar-refractivity contribution in [3.8, 4) is 0 Å². The predicted molar refractivity (Wildman–Crippen MR) is 65.9 cm³/mol. The number of carbonyl (C=O) groups is 2. The van der Waals surface area contributed by atoms with Crippen LogP contribution < -0.4 is 0 Å². The Kier molecular flexibility index (Phi) is 5.01. The minimum Gasteiger partial charge on any atom is -0.463 e. The molecule has 0 aromatic heterocycles. The number of hydrogen-bond acceptors (Lipinski definition) is 3. The van der Waals surface area contributed by atoms with E-state index < -0.39 is 5.97 Å². The van der Waals surface area contributed by atoms with Crippen LogP contribution in [0.5, 0.6) is 0 Å². The third-order valence-electron chi connectivity index (χ3n) is 2.40. The zero-order valence-electron chi connectivity index (χ0n) is 10.8. The van der Waals surface area contributed by atoms with Crippen LogP contribution in [0.3, 0.4) is 0 Å². The maximum Gasteiger partial charge on any atom is 0.306 e. The van der Waals surface area contributed by atoms with Gasteiger partial charge in [-0.15, -0.1) is 0 Å². The van der Waals surface area contributed by atoms with Gasteiger partial charge in [-0.2, -0.15) is 0 Å². The summed E-state index contributed by atoms with van der Waals surface area (Å²) in [7, 11) is 0. The second-order valence-corrected chi connectivity index (χ2v) is 4.43. The number of ether oxygens (including phenoxy) is 1. The molecule has 0 fully saturated rings. The minimum atomic E-state index is -0.391. The number of aryl methyl sites for hydroxylation is 1. The van der Waals surface area contributed by atoms with Crippen LogP contribution in [0.4, 0.5) is 4.39 Å².